The van der Waals surface area contributed by atoms with Crippen LogP contribution in [0.3, 0.4) is 0 Å². The molecule has 0 atom stereocenters. The Kier molecular flexibility index (Phi) is 5.14. The van der Waals surface area contributed by atoms with Crippen LogP contribution in [-0.2, 0) is 12.8 Å². The summed E-state index contributed by atoms with van der Waals surface area (Å²) in [4.78, 5) is 5.32. The van der Waals surface area contributed by atoms with Crippen molar-refractivity contribution in [3.05, 3.63) is 45.9 Å². The molecule has 1 aromatic carbocycles. The molecule has 2 rings (SSSR count). The number of nitriles is 1. The monoisotopic (exact) mass is 286 g/mol. The summed E-state index contributed by atoms with van der Waals surface area (Å²) in [6.07, 6.45) is 3.00. The highest BCUT2D eigenvalue weighted by molar-refractivity contribution is 7.11. The van der Waals surface area contributed by atoms with Crippen LogP contribution < -0.4 is 4.74 Å². The minimum Gasteiger partial charge on any atom is -0.493 e. The molecule has 3 nitrogen and oxygen atoms in total. The van der Waals surface area contributed by atoms with Gasteiger partial charge in [-0.25, -0.2) is 4.98 Å². The van der Waals surface area contributed by atoms with Gasteiger partial charge in [0, 0.05) is 17.5 Å². The molecule has 0 spiro atoms. The summed E-state index contributed by atoms with van der Waals surface area (Å²) >= 11 is 1.59. The van der Waals surface area contributed by atoms with Crippen molar-refractivity contribution in [3.63, 3.8) is 0 Å². The van der Waals surface area contributed by atoms with Gasteiger partial charge in [-0.2, -0.15) is 5.26 Å². The van der Waals surface area contributed by atoms with Gasteiger partial charge < -0.3 is 4.74 Å². The lowest BCUT2D eigenvalue weighted by Gasteiger charge is -2.09. The third-order valence-corrected chi connectivity index (χ3v) is 4.02. The van der Waals surface area contributed by atoms with Crippen molar-refractivity contribution in [1.29, 1.82) is 5.26 Å². The van der Waals surface area contributed by atoms with Crippen molar-refractivity contribution in [3.8, 4) is 11.8 Å². The van der Waals surface area contributed by atoms with Gasteiger partial charge in [0.05, 0.1) is 24.1 Å². The zero-order valence-electron chi connectivity index (χ0n) is 11.8. The normalized spacial score (nSPS) is 10.5. The minimum atomic E-state index is 0.439. The number of aromatic nitrogens is 1. The Hall–Kier alpha value is -1.86. The number of nitrogens with zero attached hydrogens (tertiary/aromatic N) is 2. The van der Waals surface area contributed by atoms with Gasteiger partial charge in [0.15, 0.2) is 0 Å². The van der Waals surface area contributed by atoms with Crippen LogP contribution in [-0.4, -0.2) is 11.6 Å². The first-order valence-electron chi connectivity index (χ1n) is 6.72. The quantitative estimate of drug-likeness (QED) is 0.807. The van der Waals surface area contributed by atoms with E-state index < -0.39 is 0 Å². The van der Waals surface area contributed by atoms with Gasteiger partial charge in [0.2, 0.25) is 0 Å². The summed E-state index contributed by atoms with van der Waals surface area (Å²) in [5, 5.41) is 9.65. The number of benzene rings is 1. The van der Waals surface area contributed by atoms with Crippen LogP contribution in [0.1, 0.15) is 35.2 Å². The summed E-state index contributed by atoms with van der Waals surface area (Å²) in [5.41, 5.74) is 1.29. The first-order valence-corrected chi connectivity index (χ1v) is 7.54. The highest BCUT2D eigenvalue weighted by atomic mass is 32.1. The van der Waals surface area contributed by atoms with Gasteiger partial charge >= 0.3 is 0 Å². The Morgan fingerprint density at radius 2 is 2.25 bits per heavy atom. The van der Waals surface area contributed by atoms with Crippen LogP contribution in [0, 0.1) is 11.3 Å². The molecule has 0 saturated heterocycles. The Balaban J connectivity index is 1.86. The SMILES string of the molecule is CC(C)c1cccc(OCCc2ncc(CC#N)s2)c1. The van der Waals surface area contributed by atoms with Crippen LogP contribution in [0.2, 0.25) is 0 Å². The molecule has 0 radical (unpaired) electrons. The maximum Gasteiger partial charge on any atom is 0.119 e. The first kappa shape index (κ1) is 14.5. The van der Waals surface area contributed by atoms with Crippen molar-refractivity contribution in [2.45, 2.75) is 32.6 Å². The van der Waals surface area contributed by atoms with Gasteiger partial charge in [-0.05, 0) is 23.6 Å². The van der Waals surface area contributed by atoms with Crippen molar-refractivity contribution in [1.82, 2.24) is 4.98 Å². The molecule has 1 heterocycles. The molecule has 0 N–H and O–H groups in total. The Morgan fingerprint density at radius 3 is 3.00 bits per heavy atom. The largest absolute Gasteiger partial charge is 0.493 e. The van der Waals surface area contributed by atoms with E-state index in [0.29, 0.717) is 18.9 Å². The molecule has 104 valence electrons. The van der Waals surface area contributed by atoms with E-state index in [2.05, 4.69) is 37.0 Å². The standard InChI is InChI=1S/C16H18N2OS/c1-12(2)13-4-3-5-14(10-13)19-9-7-16-18-11-15(20-16)6-8-17/h3-5,10-12H,6-7,9H2,1-2H3. The van der Waals surface area contributed by atoms with E-state index in [1.807, 2.05) is 12.1 Å². The van der Waals surface area contributed by atoms with E-state index >= 15 is 0 Å². The molecule has 0 amide bonds. The van der Waals surface area contributed by atoms with E-state index in [1.54, 1.807) is 17.5 Å². The second-order valence-electron chi connectivity index (χ2n) is 4.88. The van der Waals surface area contributed by atoms with E-state index in [1.165, 1.54) is 5.56 Å². The van der Waals surface area contributed by atoms with Gasteiger partial charge in [-0.1, -0.05) is 26.0 Å². The second-order valence-corrected chi connectivity index (χ2v) is 6.08. The highest BCUT2D eigenvalue weighted by Gasteiger charge is 2.04. The summed E-state index contributed by atoms with van der Waals surface area (Å²) in [5.74, 6) is 1.41. The van der Waals surface area contributed by atoms with Crippen molar-refractivity contribution >= 4 is 11.3 Å². The fourth-order valence-electron chi connectivity index (χ4n) is 1.84. The summed E-state index contributed by atoms with van der Waals surface area (Å²) < 4.78 is 5.77. The second kappa shape index (κ2) is 7.06. The third-order valence-electron chi connectivity index (χ3n) is 2.96. The number of ether oxygens (including phenoxy) is 1. The van der Waals surface area contributed by atoms with Crippen LogP contribution in [0.5, 0.6) is 5.75 Å². The first-order chi connectivity index (χ1) is 9.69. The smallest absolute Gasteiger partial charge is 0.119 e. The predicted octanol–water partition coefficient (Wildman–Crippen LogP) is 3.95. The third kappa shape index (κ3) is 4.07. The lowest BCUT2D eigenvalue weighted by Crippen LogP contribution is -2.01. The molecule has 2 aromatic rings. The Bertz CT molecular complexity index is 599. The molecular formula is C16H18N2OS. The fraction of sp³-hybridized carbons (Fsp3) is 0.375. The maximum absolute atomic E-state index is 8.63. The summed E-state index contributed by atoms with van der Waals surface area (Å²) in [6.45, 7) is 4.96. The van der Waals surface area contributed by atoms with Gasteiger partial charge in [0.1, 0.15) is 5.75 Å². The van der Waals surface area contributed by atoms with E-state index in [9.17, 15) is 0 Å². The molecule has 0 unspecified atom stereocenters. The molecular weight excluding hydrogens is 268 g/mol. The van der Waals surface area contributed by atoms with Gasteiger partial charge in [0.25, 0.3) is 0 Å². The molecule has 0 aliphatic rings. The Morgan fingerprint density at radius 1 is 1.40 bits per heavy atom. The summed E-state index contributed by atoms with van der Waals surface area (Å²) in [6, 6.07) is 10.4. The van der Waals surface area contributed by atoms with Crippen molar-refractivity contribution in [2.24, 2.45) is 0 Å². The van der Waals surface area contributed by atoms with Crippen molar-refractivity contribution in [2.75, 3.05) is 6.61 Å². The fourth-order valence-corrected chi connectivity index (χ4v) is 2.68. The molecule has 4 heteroatoms. The van der Waals surface area contributed by atoms with Crippen LogP contribution >= 0.6 is 11.3 Å². The van der Waals surface area contributed by atoms with Crippen molar-refractivity contribution < 1.29 is 4.74 Å². The molecule has 0 aliphatic carbocycles. The van der Waals surface area contributed by atoms with Crippen LogP contribution in [0.4, 0.5) is 0 Å². The van der Waals surface area contributed by atoms with Crippen LogP contribution in [0.25, 0.3) is 0 Å². The molecule has 0 fully saturated rings. The van der Waals surface area contributed by atoms with E-state index in [-0.39, 0.29) is 0 Å². The molecule has 0 bridgehead atoms. The van der Waals surface area contributed by atoms with E-state index in [4.69, 9.17) is 10.00 Å². The number of hydrogen-bond acceptors (Lipinski definition) is 4. The highest BCUT2D eigenvalue weighted by Crippen LogP contribution is 2.20. The Labute approximate surface area is 123 Å². The number of rotatable bonds is 6. The zero-order valence-corrected chi connectivity index (χ0v) is 12.6. The molecule has 0 aliphatic heterocycles. The van der Waals surface area contributed by atoms with Gasteiger partial charge in [-0.3, -0.25) is 0 Å². The maximum atomic E-state index is 8.63. The lowest BCUT2D eigenvalue weighted by molar-refractivity contribution is 0.321. The molecule has 0 saturated carbocycles. The minimum absolute atomic E-state index is 0.439. The summed E-state index contributed by atoms with van der Waals surface area (Å²) in [7, 11) is 0. The lowest BCUT2D eigenvalue weighted by atomic mass is 10.0. The zero-order chi connectivity index (χ0) is 14.4. The predicted molar refractivity (Wildman–Crippen MR) is 81.2 cm³/mol. The van der Waals surface area contributed by atoms with Crippen LogP contribution in [0.15, 0.2) is 30.5 Å². The average molecular weight is 286 g/mol. The van der Waals surface area contributed by atoms with Gasteiger partial charge in [-0.15, -0.1) is 11.3 Å². The van der Waals surface area contributed by atoms with E-state index in [0.717, 1.165) is 22.1 Å². The topological polar surface area (TPSA) is 45.9 Å². The molecule has 1 aromatic heterocycles. The number of hydrogen-bond donors (Lipinski definition) is 0. The molecule has 20 heavy (non-hydrogen) atoms. The average Bonchev–Trinajstić information content (AvgIpc) is 2.87. The number of thiazole rings is 1.